The monoisotopic (exact) mass is 313 g/mol. The maximum atomic E-state index is 12.5. The minimum atomic E-state index is -0.389. The van der Waals surface area contributed by atoms with E-state index in [1.807, 2.05) is 32.0 Å². The van der Waals surface area contributed by atoms with Gasteiger partial charge in [-0.05, 0) is 38.0 Å². The van der Waals surface area contributed by atoms with Crippen molar-refractivity contribution in [2.75, 3.05) is 16.8 Å². The summed E-state index contributed by atoms with van der Waals surface area (Å²) in [5, 5.41) is 6.78. The van der Waals surface area contributed by atoms with Gasteiger partial charge in [-0.15, -0.1) is 0 Å². The summed E-state index contributed by atoms with van der Waals surface area (Å²) in [5.74, 6) is 0.458. The van der Waals surface area contributed by atoms with Crippen molar-refractivity contribution >= 4 is 23.3 Å². The molecule has 120 valence electrons. The van der Waals surface area contributed by atoms with Gasteiger partial charge in [-0.1, -0.05) is 17.3 Å². The smallest absolute Gasteiger partial charge is 0.229 e. The molecule has 1 fully saturated rings. The van der Waals surface area contributed by atoms with Crippen LogP contribution in [0.15, 0.2) is 28.8 Å². The Balaban J connectivity index is 1.71. The molecule has 0 bridgehead atoms. The van der Waals surface area contributed by atoms with Gasteiger partial charge in [0, 0.05) is 24.7 Å². The minimum absolute atomic E-state index is 0.112. The molecule has 1 aliphatic rings. The van der Waals surface area contributed by atoms with E-state index in [2.05, 4.69) is 10.5 Å². The number of hydrogen-bond donors (Lipinski definition) is 1. The van der Waals surface area contributed by atoms with Crippen LogP contribution < -0.4 is 10.2 Å². The van der Waals surface area contributed by atoms with Crippen LogP contribution in [0.3, 0.4) is 0 Å². The van der Waals surface area contributed by atoms with Gasteiger partial charge >= 0.3 is 0 Å². The first kappa shape index (κ1) is 15.3. The Labute approximate surface area is 134 Å². The van der Waals surface area contributed by atoms with Gasteiger partial charge in [0.15, 0.2) is 5.82 Å². The van der Waals surface area contributed by atoms with E-state index < -0.39 is 0 Å². The molecule has 2 aromatic rings. The molecule has 1 unspecified atom stereocenters. The number of benzene rings is 1. The summed E-state index contributed by atoms with van der Waals surface area (Å²) in [5.41, 5.74) is 2.86. The van der Waals surface area contributed by atoms with Crippen molar-refractivity contribution in [1.29, 1.82) is 0 Å². The largest absolute Gasteiger partial charge is 0.360 e. The van der Waals surface area contributed by atoms with Crippen LogP contribution in [0.2, 0.25) is 0 Å². The summed E-state index contributed by atoms with van der Waals surface area (Å²) in [6.07, 6.45) is 0.183. The number of aryl methyl sites for hydroxylation is 3. The van der Waals surface area contributed by atoms with Crippen molar-refractivity contribution in [3.63, 3.8) is 0 Å². The van der Waals surface area contributed by atoms with Gasteiger partial charge in [-0.3, -0.25) is 14.5 Å². The number of nitrogens with one attached hydrogen (secondary N) is 1. The van der Waals surface area contributed by atoms with Crippen molar-refractivity contribution in [1.82, 2.24) is 5.16 Å². The molecular weight excluding hydrogens is 294 g/mol. The fraction of sp³-hybridized carbons (Fsp3) is 0.353. The topological polar surface area (TPSA) is 75.4 Å². The van der Waals surface area contributed by atoms with Gasteiger partial charge in [-0.2, -0.15) is 0 Å². The lowest BCUT2D eigenvalue weighted by atomic mass is 10.1. The van der Waals surface area contributed by atoms with Crippen molar-refractivity contribution in [2.45, 2.75) is 27.2 Å². The summed E-state index contributed by atoms with van der Waals surface area (Å²) in [7, 11) is 0. The van der Waals surface area contributed by atoms with Gasteiger partial charge in [0.05, 0.1) is 5.92 Å². The quantitative estimate of drug-likeness (QED) is 0.945. The lowest BCUT2D eigenvalue weighted by Gasteiger charge is -2.14. The fourth-order valence-corrected chi connectivity index (χ4v) is 2.69. The van der Waals surface area contributed by atoms with E-state index in [1.165, 1.54) is 4.90 Å². The molecule has 3 rings (SSSR count). The Bertz CT molecular complexity index is 766. The molecule has 0 aliphatic carbocycles. The Morgan fingerprint density at radius 1 is 1.30 bits per heavy atom. The molecule has 1 atom stereocenters. The van der Waals surface area contributed by atoms with Crippen LogP contribution in [0.25, 0.3) is 0 Å². The molecule has 6 nitrogen and oxygen atoms in total. The second kappa shape index (κ2) is 5.87. The Morgan fingerprint density at radius 2 is 2.09 bits per heavy atom. The molecule has 1 aromatic carbocycles. The van der Waals surface area contributed by atoms with Crippen molar-refractivity contribution in [3.05, 3.63) is 41.2 Å². The lowest BCUT2D eigenvalue weighted by Crippen LogP contribution is -2.28. The third kappa shape index (κ3) is 3.11. The molecule has 0 saturated carbocycles. The van der Waals surface area contributed by atoms with Crippen LogP contribution in [-0.2, 0) is 9.59 Å². The molecule has 23 heavy (non-hydrogen) atoms. The summed E-state index contributed by atoms with van der Waals surface area (Å²) < 4.78 is 5.00. The second-order valence-electron chi connectivity index (χ2n) is 6.01. The van der Waals surface area contributed by atoms with Crippen molar-refractivity contribution < 1.29 is 14.1 Å². The highest BCUT2D eigenvalue weighted by Gasteiger charge is 2.36. The van der Waals surface area contributed by atoms with Crippen LogP contribution in [0.5, 0.6) is 0 Å². The van der Waals surface area contributed by atoms with Crippen LogP contribution in [0.4, 0.5) is 11.5 Å². The molecule has 1 saturated heterocycles. The fourth-order valence-electron chi connectivity index (χ4n) is 2.69. The summed E-state index contributed by atoms with van der Waals surface area (Å²) in [6.45, 7) is 6.01. The average Bonchev–Trinajstić information content (AvgIpc) is 3.09. The first-order valence-electron chi connectivity index (χ1n) is 7.56. The zero-order valence-electron chi connectivity index (χ0n) is 13.4. The minimum Gasteiger partial charge on any atom is -0.360 e. The molecule has 6 heteroatoms. The lowest BCUT2D eigenvalue weighted by molar-refractivity contribution is -0.122. The highest BCUT2D eigenvalue weighted by atomic mass is 16.5. The highest BCUT2D eigenvalue weighted by molar-refractivity contribution is 6.03. The molecule has 0 radical (unpaired) electrons. The molecule has 2 amide bonds. The van der Waals surface area contributed by atoms with Crippen LogP contribution in [-0.4, -0.2) is 23.5 Å². The number of carbonyl (C=O) groups is 2. The SMILES string of the molecule is Cc1ccc(C)c(NC(=O)C2CC(=O)N(c3cc(C)on3)C2)c1. The van der Waals surface area contributed by atoms with E-state index >= 15 is 0 Å². The van der Waals surface area contributed by atoms with Gasteiger partial charge < -0.3 is 9.84 Å². The number of amides is 2. The third-order valence-corrected chi connectivity index (χ3v) is 4.04. The number of nitrogens with zero attached hydrogens (tertiary/aromatic N) is 2. The van der Waals surface area contributed by atoms with Crippen LogP contribution in [0.1, 0.15) is 23.3 Å². The summed E-state index contributed by atoms with van der Waals surface area (Å²) in [6, 6.07) is 7.60. The Hall–Kier alpha value is -2.63. The van der Waals surface area contributed by atoms with E-state index in [1.54, 1.807) is 13.0 Å². The predicted molar refractivity (Wildman–Crippen MR) is 86.2 cm³/mol. The van der Waals surface area contributed by atoms with Crippen molar-refractivity contribution in [3.8, 4) is 0 Å². The molecule has 1 N–H and O–H groups in total. The maximum absolute atomic E-state index is 12.5. The molecule has 0 spiro atoms. The van der Waals surface area contributed by atoms with Gasteiger partial charge in [0.1, 0.15) is 5.76 Å². The first-order chi connectivity index (χ1) is 10.9. The van der Waals surface area contributed by atoms with E-state index in [0.29, 0.717) is 18.1 Å². The molecular formula is C17H19N3O3. The first-order valence-corrected chi connectivity index (χ1v) is 7.56. The number of hydrogen-bond acceptors (Lipinski definition) is 4. The number of aromatic nitrogens is 1. The summed E-state index contributed by atoms with van der Waals surface area (Å²) >= 11 is 0. The Kier molecular flexibility index (Phi) is 3.90. The highest BCUT2D eigenvalue weighted by Crippen LogP contribution is 2.26. The van der Waals surface area contributed by atoms with Gasteiger partial charge in [0.25, 0.3) is 0 Å². The standard InChI is InChI=1S/C17H19N3O3/c1-10-4-5-11(2)14(6-10)18-17(22)13-8-16(21)20(9-13)15-7-12(3)23-19-15/h4-7,13H,8-9H2,1-3H3,(H,18,22). The molecule has 1 aromatic heterocycles. The number of anilines is 2. The second-order valence-corrected chi connectivity index (χ2v) is 6.01. The Morgan fingerprint density at radius 3 is 2.78 bits per heavy atom. The zero-order chi connectivity index (χ0) is 16.6. The third-order valence-electron chi connectivity index (χ3n) is 4.04. The van der Waals surface area contributed by atoms with E-state index in [4.69, 9.17) is 4.52 Å². The zero-order valence-corrected chi connectivity index (χ0v) is 13.4. The molecule has 1 aliphatic heterocycles. The average molecular weight is 313 g/mol. The number of rotatable bonds is 3. The van der Waals surface area contributed by atoms with Crippen LogP contribution >= 0.6 is 0 Å². The maximum Gasteiger partial charge on any atom is 0.229 e. The van der Waals surface area contributed by atoms with Gasteiger partial charge in [0.2, 0.25) is 11.8 Å². The predicted octanol–water partition coefficient (Wildman–Crippen LogP) is 2.59. The van der Waals surface area contributed by atoms with E-state index in [-0.39, 0.29) is 24.2 Å². The number of carbonyl (C=O) groups excluding carboxylic acids is 2. The van der Waals surface area contributed by atoms with E-state index in [9.17, 15) is 9.59 Å². The van der Waals surface area contributed by atoms with Crippen molar-refractivity contribution in [2.24, 2.45) is 5.92 Å². The van der Waals surface area contributed by atoms with Gasteiger partial charge in [-0.25, -0.2) is 0 Å². The normalized spacial score (nSPS) is 17.6. The molecule has 2 heterocycles. The summed E-state index contributed by atoms with van der Waals surface area (Å²) in [4.78, 5) is 26.1. The van der Waals surface area contributed by atoms with E-state index in [0.717, 1.165) is 16.8 Å². The van der Waals surface area contributed by atoms with Crippen LogP contribution in [0, 0.1) is 26.7 Å².